The number of fused-ring (bicyclic) bond motifs is 1. The summed E-state index contributed by atoms with van der Waals surface area (Å²) in [5, 5.41) is 9.90. The van der Waals surface area contributed by atoms with Crippen molar-refractivity contribution in [3.8, 4) is 11.5 Å². The van der Waals surface area contributed by atoms with E-state index in [1.807, 2.05) is 12.3 Å². The summed E-state index contributed by atoms with van der Waals surface area (Å²) in [5.41, 5.74) is 8.50. The minimum atomic E-state index is 0.564. The van der Waals surface area contributed by atoms with Gasteiger partial charge in [0.1, 0.15) is 13.2 Å². The summed E-state index contributed by atoms with van der Waals surface area (Å²) in [4.78, 5) is 0. The van der Waals surface area contributed by atoms with E-state index in [1.165, 1.54) is 0 Å². The highest BCUT2D eigenvalue weighted by Crippen LogP contribution is 2.37. The van der Waals surface area contributed by atoms with E-state index < -0.39 is 0 Å². The van der Waals surface area contributed by atoms with Crippen LogP contribution in [0.5, 0.6) is 11.5 Å². The van der Waals surface area contributed by atoms with Gasteiger partial charge in [-0.25, -0.2) is 0 Å². The third kappa shape index (κ3) is 2.04. The first-order valence-electron chi connectivity index (χ1n) is 5.73. The lowest BCUT2D eigenvalue weighted by molar-refractivity contribution is 0.172. The standard InChI is InChI=1S/C12H14N4O2/c13-9-3-11-12(18-2-1-17-11)4-10(9)14-5-8-6-15-16-7-8/h3-4,6-7,14H,1-2,5,13H2,(H,15,16). The summed E-state index contributed by atoms with van der Waals surface area (Å²) in [5.74, 6) is 1.43. The van der Waals surface area contributed by atoms with Crippen LogP contribution in [-0.4, -0.2) is 23.4 Å². The Bertz CT molecular complexity index is 539. The number of hydrogen-bond donors (Lipinski definition) is 3. The Balaban J connectivity index is 1.79. The molecule has 1 aliphatic heterocycles. The second-order valence-electron chi connectivity index (χ2n) is 4.04. The molecule has 2 aromatic rings. The third-order valence-electron chi connectivity index (χ3n) is 2.75. The fourth-order valence-corrected chi connectivity index (χ4v) is 1.83. The highest BCUT2D eigenvalue weighted by molar-refractivity contribution is 5.72. The molecule has 18 heavy (non-hydrogen) atoms. The molecule has 0 bridgehead atoms. The molecular weight excluding hydrogens is 232 g/mol. The zero-order chi connectivity index (χ0) is 12.4. The highest BCUT2D eigenvalue weighted by Gasteiger charge is 2.14. The van der Waals surface area contributed by atoms with E-state index in [9.17, 15) is 0 Å². The van der Waals surface area contributed by atoms with Gasteiger partial charge in [-0.1, -0.05) is 0 Å². The van der Waals surface area contributed by atoms with Crippen LogP contribution >= 0.6 is 0 Å². The molecule has 0 spiro atoms. The molecule has 0 saturated heterocycles. The van der Waals surface area contributed by atoms with Gasteiger partial charge in [0.05, 0.1) is 17.6 Å². The normalized spacial score (nSPS) is 13.3. The number of nitrogens with zero attached hydrogens (tertiary/aromatic N) is 1. The predicted octanol–water partition coefficient (Wildman–Crippen LogP) is 1.38. The fraction of sp³-hybridized carbons (Fsp3) is 0.250. The first kappa shape index (κ1) is 10.8. The van der Waals surface area contributed by atoms with Crippen molar-refractivity contribution in [2.45, 2.75) is 6.54 Å². The maximum absolute atomic E-state index is 5.96. The van der Waals surface area contributed by atoms with Gasteiger partial charge in [0.25, 0.3) is 0 Å². The molecule has 0 radical (unpaired) electrons. The predicted molar refractivity (Wildman–Crippen MR) is 67.8 cm³/mol. The van der Waals surface area contributed by atoms with Crippen LogP contribution in [0.15, 0.2) is 24.5 Å². The lowest BCUT2D eigenvalue weighted by atomic mass is 10.2. The number of nitrogens with one attached hydrogen (secondary N) is 2. The summed E-state index contributed by atoms with van der Waals surface area (Å²) >= 11 is 0. The topological polar surface area (TPSA) is 85.2 Å². The molecule has 0 unspecified atom stereocenters. The van der Waals surface area contributed by atoms with Gasteiger partial charge in [-0.15, -0.1) is 0 Å². The average molecular weight is 246 g/mol. The zero-order valence-electron chi connectivity index (χ0n) is 9.77. The Morgan fingerprint density at radius 2 is 2.06 bits per heavy atom. The van der Waals surface area contributed by atoms with Crippen molar-refractivity contribution in [2.75, 3.05) is 24.3 Å². The van der Waals surface area contributed by atoms with Gasteiger partial charge in [0.2, 0.25) is 0 Å². The molecule has 6 heteroatoms. The number of nitrogen functional groups attached to an aromatic ring is 1. The molecule has 1 aromatic carbocycles. The van der Waals surface area contributed by atoms with Crippen LogP contribution in [0.4, 0.5) is 11.4 Å². The number of ether oxygens (including phenoxy) is 2. The SMILES string of the molecule is Nc1cc2c(cc1NCc1cn[nH]c1)OCCO2. The van der Waals surface area contributed by atoms with E-state index in [0.717, 1.165) is 17.0 Å². The first-order chi connectivity index (χ1) is 8.83. The molecule has 2 heterocycles. The number of hydrogen-bond acceptors (Lipinski definition) is 5. The average Bonchev–Trinajstić information content (AvgIpc) is 2.89. The second-order valence-corrected chi connectivity index (χ2v) is 4.04. The van der Waals surface area contributed by atoms with Crippen LogP contribution in [0, 0.1) is 0 Å². The van der Waals surface area contributed by atoms with Crippen LogP contribution in [0.3, 0.4) is 0 Å². The van der Waals surface area contributed by atoms with E-state index in [0.29, 0.717) is 31.2 Å². The molecule has 0 atom stereocenters. The van der Waals surface area contributed by atoms with Crippen molar-refractivity contribution in [1.82, 2.24) is 10.2 Å². The van der Waals surface area contributed by atoms with Crippen LogP contribution in [0.1, 0.15) is 5.56 Å². The van der Waals surface area contributed by atoms with E-state index in [1.54, 1.807) is 12.3 Å². The number of nitrogens with two attached hydrogens (primary N) is 1. The molecule has 0 aliphatic carbocycles. The minimum Gasteiger partial charge on any atom is -0.486 e. The molecule has 0 fully saturated rings. The van der Waals surface area contributed by atoms with Crippen LogP contribution in [0.25, 0.3) is 0 Å². The summed E-state index contributed by atoms with van der Waals surface area (Å²) < 4.78 is 11.0. The van der Waals surface area contributed by atoms with Gasteiger partial charge in [-0.3, -0.25) is 5.10 Å². The first-order valence-corrected chi connectivity index (χ1v) is 5.73. The highest BCUT2D eigenvalue weighted by atomic mass is 16.6. The molecule has 0 saturated carbocycles. The molecule has 3 rings (SSSR count). The molecule has 1 aliphatic rings. The minimum absolute atomic E-state index is 0.564. The van der Waals surface area contributed by atoms with Gasteiger partial charge in [0.15, 0.2) is 11.5 Å². The lowest BCUT2D eigenvalue weighted by Gasteiger charge is -2.20. The number of rotatable bonds is 3. The van der Waals surface area contributed by atoms with Crippen LogP contribution in [-0.2, 0) is 6.54 Å². The van der Waals surface area contributed by atoms with Crippen molar-refractivity contribution in [3.63, 3.8) is 0 Å². The van der Waals surface area contributed by atoms with Gasteiger partial charge in [0, 0.05) is 30.4 Å². The third-order valence-corrected chi connectivity index (χ3v) is 2.75. The Labute approximate surface area is 104 Å². The van der Waals surface area contributed by atoms with Gasteiger partial charge in [-0.05, 0) is 0 Å². The fourth-order valence-electron chi connectivity index (χ4n) is 1.83. The Morgan fingerprint density at radius 1 is 1.28 bits per heavy atom. The van der Waals surface area contributed by atoms with Gasteiger partial charge < -0.3 is 20.5 Å². The Hall–Kier alpha value is -2.37. The summed E-state index contributed by atoms with van der Waals surface area (Å²) in [7, 11) is 0. The largest absolute Gasteiger partial charge is 0.486 e. The van der Waals surface area contributed by atoms with Crippen LogP contribution < -0.4 is 20.5 Å². The molecule has 4 N–H and O–H groups in total. The van der Waals surface area contributed by atoms with E-state index in [-0.39, 0.29) is 0 Å². The van der Waals surface area contributed by atoms with Crippen molar-refractivity contribution in [3.05, 3.63) is 30.1 Å². The number of benzene rings is 1. The zero-order valence-corrected chi connectivity index (χ0v) is 9.77. The van der Waals surface area contributed by atoms with Crippen molar-refractivity contribution < 1.29 is 9.47 Å². The Morgan fingerprint density at radius 3 is 2.78 bits per heavy atom. The summed E-state index contributed by atoms with van der Waals surface area (Å²) in [6.07, 6.45) is 3.60. The smallest absolute Gasteiger partial charge is 0.163 e. The maximum Gasteiger partial charge on any atom is 0.163 e. The molecule has 94 valence electrons. The number of aromatic nitrogens is 2. The van der Waals surface area contributed by atoms with Crippen molar-refractivity contribution >= 4 is 11.4 Å². The van der Waals surface area contributed by atoms with E-state index >= 15 is 0 Å². The monoisotopic (exact) mass is 246 g/mol. The van der Waals surface area contributed by atoms with Crippen molar-refractivity contribution in [1.29, 1.82) is 0 Å². The molecule has 0 amide bonds. The van der Waals surface area contributed by atoms with Gasteiger partial charge in [-0.2, -0.15) is 5.10 Å². The van der Waals surface area contributed by atoms with Gasteiger partial charge >= 0.3 is 0 Å². The molecule has 6 nitrogen and oxygen atoms in total. The molecule has 1 aromatic heterocycles. The number of anilines is 2. The number of aromatic amines is 1. The van der Waals surface area contributed by atoms with E-state index in [2.05, 4.69) is 15.5 Å². The number of H-pyrrole nitrogens is 1. The molecular formula is C12H14N4O2. The van der Waals surface area contributed by atoms with E-state index in [4.69, 9.17) is 15.2 Å². The summed E-state index contributed by atoms with van der Waals surface area (Å²) in [6.45, 7) is 1.78. The lowest BCUT2D eigenvalue weighted by Crippen LogP contribution is -2.16. The summed E-state index contributed by atoms with van der Waals surface area (Å²) in [6, 6.07) is 3.65. The van der Waals surface area contributed by atoms with Crippen LogP contribution in [0.2, 0.25) is 0 Å². The van der Waals surface area contributed by atoms with Crippen molar-refractivity contribution in [2.24, 2.45) is 0 Å². The Kier molecular flexibility index (Phi) is 2.68. The maximum atomic E-state index is 5.96. The quantitative estimate of drug-likeness (QED) is 0.712. The second kappa shape index (κ2) is 4.48.